The first-order valence-corrected chi connectivity index (χ1v) is 7.78. The van der Waals surface area contributed by atoms with Crippen molar-refractivity contribution in [1.29, 1.82) is 0 Å². The molecule has 3 rings (SSSR count). The molecule has 2 atom stereocenters. The third-order valence-corrected chi connectivity index (χ3v) is 5.12. The molecule has 0 amide bonds. The molecule has 21 heavy (non-hydrogen) atoms. The molecular formula is C16H23N3O2. The predicted octanol–water partition coefficient (Wildman–Crippen LogP) is 3.33. The summed E-state index contributed by atoms with van der Waals surface area (Å²) in [4.78, 5) is 13.0. The standard InChI is InChI=1S/C16H23N3O2/c1-11-8-15(19(20)21)6-7-16(11)17-12-9-13-4-3-5-14(10-12)18(13)2/h6-8,12-14,17H,3-5,9-10H2,1-2H3. The molecule has 0 saturated carbocycles. The van der Waals surface area contributed by atoms with Gasteiger partial charge in [-0.1, -0.05) is 6.42 Å². The number of aryl methyl sites for hydroxylation is 1. The number of piperidine rings is 2. The van der Waals surface area contributed by atoms with E-state index < -0.39 is 0 Å². The van der Waals surface area contributed by atoms with Gasteiger partial charge in [-0.25, -0.2) is 0 Å². The topological polar surface area (TPSA) is 58.4 Å². The summed E-state index contributed by atoms with van der Waals surface area (Å²) >= 11 is 0. The van der Waals surface area contributed by atoms with E-state index in [0.29, 0.717) is 18.1 Å². The zero-order valence-electron chi connectivity index (χ0n) is 12.7. The number of anilines is 1. The molecule has 2 aliphatic heterocycles. The molecule has 1 aromatic rings. The summed E-state index contributed by atoms with van der Waals surface area (Å²) in [6.07, 6.45) is 6.28. The summed E-state index contributed by atoms with van der Waals surface area (Å²) < 4.78 is 0. The largest absolute Gasteiger partial charge is 0.382 e. The van der Waals surface area contributed by atoms with Crippen molar-refractivity contribution in [2.24, 2.45) is 0 Å². The highest BCUT2D eigenvalue weighted by Gasteiger charge is 2.35. The Kier molecular flexibility index (Phi) is 3.85. The number of nitro benzene ring substituents is 1. The molecule has 0 radical (unpaired) electrons. The van der Waals surface area contributed by atoms with E-state index in [-0.39, 0.29) is 10.6 Å². The smallest absolute Gasteiger partial charge is 0.269 e. The number of benzene rings is 1. The normalized spacial score (nSPS) is 29.1. The summed E-state index contributed by atoms with van der Waals surface area (Å²) in [5, 5.41) is 14.4. The van der Waals surface area contributed by atoms with Gasteiger partial charge in [-0.3, -0.25) is 10.1 Å². The van der Waals surface area contributed by atoms with Gasteiger partial charge in [0.25, 0.3) is 5.69 Å². The number of nitrogens with zero attached hydrogens (tertiary/aromatic N) is 2. The van der Waals surface area contributed by atoms with Crippen LogP contribution in [0.3, 0.4) is 0 Å². The number of fused-ring (bicyclic) bond motifs is 2. The molecule has 0 aromatic heterocycles. The molecular weight excluding hydrogens is 266 g/mol. The van der Waals surface area contributed by atoms with Crippen LogP contribution in [-0.2, 0) is 0 Å². The molecule has 5 nitrogen and oxygen atoms in total. The highest BCUT2D eigenvalue weighted by Crippen LogP contribution is 2.34. The van der Waals surface area contributed by atoms with Crippen LogP contribution in [0.25, 0.3) is 0 Å². The van der Waals surface area contributed by atoms with Crippen molar-refractivity contribution in [2.75, 3.05) is 12.4 Å². The van der Waals surface area contributed by atoms with E-state index in [1.54, 1.807) is 12.1 Å². The molecule has 2 saturated heterocycles. The summed E-state index contributed by atoms with van der Waals surface area (Å²) in [5.41, 5.74) is 2.15. The predicted molar refractivity (Wildman–Crippen MR) is 83.7 cm³/mol. The molecule has 1 aromatic carbocycles. The van der Waals surface area contributed by atoms with Crippen LogP contribution in [0.4, 0.5) is 11.4 Å². The first-order chi connectivity index (χ1) is 10.0. The molecule has 2 unspecified atom stereocenters. The Hall–Kier alpha value is -1.62. The van der Waals surface area contributed by atoms with E-state index in [9.17, 15) is 10.1 Å². The summed E-state index contributed by atoms with van der Waals surface area (Å²) in [6, 6.07) is 6.95. The number of nitrogens with one attached hydrogen (secondary N) is 1. The monoisotopic (exact) mass is 289 g/mol. The first-order valence-electron chi connectivity index (χ1n) is 7.78. The van der Waals surface area contributed by atoms with Gasteiger partial charge in [0.15, 0.2) is 0 Å². The Morgan fingerprint density at radius 1 is 1.29 bits per heavy atom. The highest BCUT2D eigenvalue weighted by molar-refractivity contribution is 5.56. The minimum absolute atomic E-state index is 0.165. The minimum atomic E-state index is -0.337. The van der Waals surface area contributed by atoms with Gasteiger partial charge in [0.05, 0.1) is 4.92 Å². The Morgan fingerprint density at radius 2 is 1.95 bits per heavy atom. The fourth-order valence-corrected chi connectivity index (χ4v) is 3.88. The number of rotatable bonds is 3. The highest BCUT2D eigenvalue weighted by atomic mass is 16.6. The van der Waals surface area contributed by atoms with Gasteiger partial charge in [0.2, 0.25) is 0 Å². The molecule has 2 aliphatic rings. The van der Waals surface area contributed by atoms with Gasteiger partial charge < -0.3 is 10.2 Å². The third kappa shape index (κ3) is 2.88. The average molecular weight is 289 g/mol. The molecule has 2 heterocycles. The molecule has 2 bridgehead atoms. The van der Waals surface area contributed by atoms with Crippen molar-refractivity contribution in [2.45, 2.75) is 57.2 Å². The van der Waals surface area contributed by atoms with Gasteiger partial charge in [0.1, 0.15) is 0 Å². The lowest BCUT2D eigenvalue weighted by molar-refractivity contribution is -0.384. The Balaban J connectivity index is 1.71. The van der Waals surface area contributed by atoms with Crippen LogP contribution in [0, 0.1) is 17.0 Å². The maximum atomic E-state index is 10.8. The van der Waals surface area contributed by atoms with Crippen LogP contribution in [-0.4, -0.2) is 35.0 Å². The number of nitro groups is 1. The van der Waals surface area contributed by atoms with Crippen molar-refractivity contribution >= 4 is 11.4 Å². The van der Waals surface area contributed by atoms with Crippen LogP contribution in [0.1, 0.15) is 37.7 Å². The van der Waals surface area contributed by atoms with E-state index in [1.165, 1.54) is 32.1 Å². The van der Waals surface area contributed by atoms with Crippen LogP contribution in [0.5, 0.6) is 0 Å². The molecule has 2 fully saturated rings. The quantitative estimate of drug-likeness (QED) is 0.685. The van der Waals surface area contributed by atoms with Gasteiger partial charge >= 0.3 is 0 Å². The average Bonchev–Trinajstić information content (AvgIpc) is 2.42. The number of non-ortho nitro benzene ring substituents is 1. The van der Waals surface area contributed by atoms with Crippen molar-refractivity contribution in [3.8, 4) is 0 Å². The lowest BCUT2D eigenvalue weighted by Gasteiger charge is -2.47. The fourth-order valence-electron chi connectivity index (χ4n) is 3.88. The van der Waals surface area contributed by atoms with Crippen LogP contribution >= 0.6 is 0 Å². The number of hydrogen-bond acceptors (Lipinski definition) is 4. The first kappa shape index (κ1) is 14.3. The van der Waals surface area contributed by atoms with E-state index >= 15 is 0 Å². The zero-order chi connectivity index (χ0) is 15.0. The van der Waals surface area contributed by atoms with Crippen molar-refractivity contribution in [1.82, 2.24) is 4.90 Å². The molecule has 1 N–H and O–H groups in total. The second-order valence-electron chi connectivity index (χ2n) is 6.47. The van der Waals surface area contributed by atoms with E-state index in [2.05, 4.69) is 17.3 Å². The van der Waals surface area contributed by atoms with Crippen LogP contribution in [0.15, 0.2) is 18.2 Å². The number of hydrogen-bond donors (Lipinski definition) is 1. The van der Waals surface area contributed by atoms with Gasteiger partial charge in [-0.2, -0.15) is 0 Å². The molecule has 114 valence electrons. The van der Waals surface area contributed by atoms with Gasteiger partial charge in [0, 0.05) is 35.9 Å². The maximum Gasteiger partial charge on any atom is 0.269 e. The van der Waals surface area contributed by atoms with E-state index in [4.69, 9.17) is 0 Å². The van der Waals surface area contributed by atoms with Crippen molar-refractivity contribution < 1.29 is 4.92 Å². The summed E-state index contributed by atoms with van der Waals surface area (Å²) in [7, 11) is 2.25. The van der Waals surface area contributed by atoms with Crippen molar-refractivity contribution in [3.05, 3.63) is 33.9 Å². The van der Waals surface area contributed by atoms with Crippen LogP contribution < -0.4 is 5.32 Å². The molecule has 0 aliphatic carbocycles. The Bertz CT molecular complexity index is 532. The second-order valence-corrected chi connectivity index (χ2v) is 6.47. The minimum Gasteiger partial charge on any atom is -0.382 e. The lowest BCUT2D eigenvalue weighted by atomic mass is 9.82. The fraction of sp³-hybridized carbons (Fsp3) is 0.625. The maximum absolute atomic E-state index is 10.8. The van der Waals surface area contributed by atoms with Gasteiger partial charge in [-0.15, -0.1) is 0 Å². The Labute approximate surface area is 125 Å². The van der Waals surface area contributed by atoms with E-state index in [1.807, 2.05) is 13.0 Å². The summed E-state index contributed by atoms with van der Waals surface area (Å²) in [6.45, 7) is 1.94. The molecule has 5 heteroatoms. The third-order valence-electron chi connectivity index (χ3n) is 5.12. The van der Waals surface area contributed by atoms with Gasteiger partial charge in [-0.05, 0) is 51.3 Å². The summed E-state index contributed by atoms with van der Waals surface area (Å²) in [5.74, 6) is 0. The SMILES string of the molecule is Cc1cc([N+](=O)[O-])ccc1NC1CC2CCCC(C1)N2C. The zero-order valence-corrected chi connectivity index (χ0v) is 12.7. The second kappa shape index (κ2) is 5.64. The van der Waals surface area contributed by atoms with Crippen LogP contribution in [0.2, 0.25) is 0 Å². The molecule has 0 spiro atoms. The Morgan fingerprint density at radius 3 is 2.52 bits per heavy atom. The van der Waals surface area contributed by atoms with E-state index in [0.717, 1.165) is 11.3 Å². The van der Waals surface area contributed by atoms with Crippen molar-refractivity contribution in [3.63, 3.8) is 0 Å². The lowest BCUT2D eigenvalue weighted by Crippen LogP contribution is -2.52.